The highest BCUT2D eigenvalue weighted by atomic mass is 16.3. The highest BCUT2D eigenvalue weighted by Gasteiger charge is 2.36. The van der Waals surface area contributed by atoms with Crippen molar-refractivity contribution in [2.75, 3.05) is 19.6 Å². The van der Waals surface area contributed by atoms with Crippen molar-refractivity contribution in [3.63, 3.8) is 0 Å². The van der Waals surface area contributed by atoms with E-state index in [2.05, 4.69) is 33.0 Å². The minimum absolute atomic E-state index is 0.0301. The van der Waals surface area contributed by atoms with Crippen LogP contribution in [-0.4, -0.2) is 59.2 Å². The SMILES string of the molecule is CCC(C)C(NC(=O)CC(C)CC(C)(C)C)C(=O)N1CCN(C(=O)c2ccco2)C(C)C1. The molecule has 1 aromatic heterocycles. The van der Waals surface area contributed by atoms with E-state index < -0.39 is 6.04 Å². The number of nitrogens with zero attached hydrogens (tertiary/aromatic N) is 2. The first-order valence-electron chi connectivity index (χ1n) is 11.9. The number of amides is 3. The fourth-order valence-corrected chi connectivity index (χ4v) is 4.55. The van der Waals surface area contributed by atoms with Crippen molar-refractivity contribution >= 4 is 17.7 Å². The average Bonchev–Trinajstić information content (AvgIpc) is 3.23. The zero-order valence-electron chi connectivity index (χ0n) is 20.8. The number of carbonyl (C=O) groups excluding carboxylic acids is 3. The molecule has 4 unspecified atom stereocenters. The molecule has 0 radical (unpaired) electrons. The van der Waals surface area contributed by atoms with E-state index in [1.54, 1.807) is 21.9 Å². The Morgan fingerprint density at radius 2 is 1.91 bits per heavy atom. The van der Waals surface area contributed by atoms with E-state index in [9.17, 15) is 14.4 Å². The molecule has 7 nitrogen and oxygen atoms in total. The van der Waals surface area contributed by atoms with Gasteiger partial charge in [-0.2, -0.15) is 0 Å². The lowest BCUT2D eigenvalue weighted by molar-refractivity contribution is -0.140. The molecule has 32 heavy (non-hydrogen) atoms. The molecule has 1 fully saturated rings. The van der Waals surface area contributed by atoms with Crippen molar-refractivity contribution in [3.8, 4) is 0 Å². The van der Waals surface area contributed by atoms with Crippen LogP contribution in [0.15, 0.2) is 22.8 Å². The number of nitrogens with one attached hydrogen (secondary N) is 1. The molecule has 180 valence electrons. The van der Waals surface area contributed by atoms with Crippen LogP contribution in [0.4, 0.5) is 0 Å². The number of hydrogen-bond acceptors (Lipinski definition) is 4. The molecule has 3 amide bonds. The lowest BCUT2D eigenvalue weighted by Gasteiger charge is -2.41. The summed E-state index contributed by atoms with van der Waals surface area (Å²) >= 11 is 0. The molecule has 1 N–H and O–H groups in total. The van der Waals surface area contributed by atoms with E-state index in [1.165, 1.54) is 6.26 Å². The Balaban J connectivity index is 2.00. The number of carbonyl (C=O) groups is 3. The number of furan rings is 1. The first-order chi connectivity index (χ1) is 14.9. The van der Waals surface area contributed by atoms with Gasteiger partial charge in [-0.1, -0.05) is 48.0 Å². The Morgan fingerprint density at radius 3 is 2.44 bits per heavy atom. The highest BCUT2D eigenvalue weighted by Crippen LogP contribution is 2.26. The zero-order chi connectivity index (χ0) is 24.1. The molecule has 0 bridgehead atoms. The topological polar surface area (TPSA) is 82.9 Å². The van der Waals surface area contributed by atoms with Crippen molar-refractivity contribution in [2.24, 2.45) is 17.3 Å². The molecule has 0 spiro atoms. The van der Waals surface area contributed by atoms with Crippen LogP contribution in [-0.2, 0) is 9.59 Å². The van der Waals surface area contributed by atoms with Crippen LogP contribution in [0.1, 0.15) is 78.3 Å². The quantitative estimate of drug-likeness (QED) is 0.654. The van der Waals surface area contributed by atoms with Crippen molar-refractivity contribution in [3.05, 3.63) is 24.2 Å². The second-order valence-corrected chi connectivity index (χ2v) is 10.6. The van der Waals surface area contributed by atoms with Crippen molar-refractivity contribution in [2.45, 2.75) is 79.8 Å². The van der Waals surface area contributed by atoms with E-state index in [4.69, 9.17) is 4.42 Å². The van der Waals surface area contributed by atoms with Gasteiger partial charge in [0.25, 0.3) is 5.91 Å². The van der Waals surface area contributed by atoms with Gasteiger partial charge in [0.2, 0.25) is 11.8 Å². The van der Waals surface area contributed by atoms with Crippen LogP contribution in [0.25, 0.3) is 0 Å². The van der Waals surface area contributed by atoms with Gasteiger partial charge in [0, 0.05) is 32.1 Å². The lowest BCUT2D eigenvalue weighted by Crippen LogP contribution is -2.60. The highest BCUT2D eigenvalue weighted by molar-refractivity contribution is 5.92. The molecule has 1 aliphatic heterocycles. The Morgan fingerprint density at radius 1 is 1.22 bits per heavy atom. The molecule has 2 heterocycles. The summed E-state index contributed by atoms with van der Waals surface area (Å²) in [5.74, 6) is 0.300. The van der Waals surface area contributed by atoms with Crippen LogP contribution in [0.2, 0.25) is 0 Å². The van der Waals surface area contributed by atoms with Gasteiger partial charge in [-0.15, -0.1) is 0 Å². The first kappa shape index (κ1) is 25.9. The van der Waals surface area contributed by atoms with Gasteiger partial charge in [0.15, 0.2) is 5.76 Å². The maximum absolute atomic E-state index is 13.4. The van der Waals surface area contributed by atoms with Crippen molar-refractivity contribution in [1.29, 1.82) is 0 Å². The molecular weight excluding hydrogens is 406 g/mol. The second kappa shape index (κ2) is 11.0. The Bertz CT molecular complexity index is 769. The fourth-order valence-electron chi connectivity index (χ4n) is 4.55. The summed E-state index contributed by atoms with van der Waals surface area (Å²) in [7, 11) is 0. The monoisotopic (exact) mass is 447 g/mol. The molecule has 1 aliphatic rings. The molecule has 0 aromatic carbocycles. The summed E-state index contributed by atoms with van der Waals surface area (Å²) in [5, 5.41) is 3.03. The first-order valence-corrected chi connectivity index (χ1v) is 11.9. The molecule has 7 heteroatoms. The minimum atomic E-state index is -0.547. The summed E-state index contributed by atoms with van der Waals surface area (Å²) in [6, 6.07) is 2.67. The Labute approximate surface area is 192 Å². The van der Waals surface area contributed by atoms with Crippen molar-refractivity contribution in [1.82, 2.24) is 15.1 Å². The predicted molar refractivity (Wildman–Crippen MR) is 125 cm³/mol. The molecule has 0 aliphatic carbocycles. The van der Waals surface area contributed by atoms with Crippen molar-refractivity contribution < 1.29 is 18.8 Å². The van der Waals surface area contributed by atoms with Crippen LogP contribution >= 0.6 is 0 Å². The van der Waals surface area contributed by atoms with E-state index >= 15 is 0 Å². The molecule has 2 rings (SSSR count). The van der Waals surface area contributed by atoms with Gasteiger partial charge in [0.1, 0.15) is 6.04 Å². The normalized spacial score (nSPS) is 19.9. The standard InChI is InChI=1S/C25H41N3O4/c1-8-18(3)22(26-21(29)14-17(2)15-25(5,6)7)24(31)27-11-12-28(19(4)16-27)23(30)20-10-9-13-32-20/h9-10,13,17-19,22H,8,11-12,14-16H2,1-7H3,(H,26,29). The van der Waals surface area contributed by atoms with Crippen LogP contribution < -0.4 is 5.32 Å². The Kier molecular flexibility index (Phi) is 8.93. The Hall–Kier alpha value is -2.31. The number of hydrogen-bond donors (Lipinski definition) is 1. The molecule has 0 saturated carbocycles. The third-order valence-corrected chi connectivity index (χ3v) is 6.22. The largest absolute Gasteiger partial charge is 0.459 e. The van der Waals surface area contributed by atoms with Gasteiger partial charge in [-0.3, -0.25) is 14.4 Å². The maximum atomic E-state index is 13.4. The second-order valence-electron chi connectivity index (χ2n) is 10.6. The summed E-state index contributed by atoms with van der Waals surface area (Å²) < 4.78 is 5.24. The summed E-state index contributed by atoms with van der Waals surface area (Å²) in [4.78, 5) is 42.3. The molecular formula is C25H41N3O4. The predicted octanol–water partition coefficient (Wildman–Crippen LogP) is 3.95. The number of rotatable bonds is 8. The van der Waals surface area contributed by atoms with Crippen LogP contribution in [0.5, 0.6) is 0 Å². The van der Waals surface area contributed by atoms with Crippen LogP contribution in [0.3, 0.4) is 0 Å². The third-order valence-electron chi connectivity index (χ3n) is 6.22. The summed E-state index contributed by atoms with van der Waals surface area (Å²) in [6.45, 7) is 15.9. The summed E-state index contributed by atoms with van der Waals surface area (Å²) in [6.07, 6.45) is 3.64. The average molecular weight is 448 g/mol. The van der Waals surface area contributed by atoms with Gasteiger partial charge in [-0.25, -0.2) is 0 Å². The van der Waals surface area contributed by atoms with Gasteiger partial charge < -0.3 is 19.5 Å². The van der Waals surface area contributed by atoms with Gasteiger partial charge in [0.05, 0.1) is 6.26 Å². The van der Waals surface area contributed by atoms with Crippen LogP contribution in [0, 0.1) is 17.3 Å². The minimum Gasteiger partial charge on any atom is -0.459 e. The molecule has 4 atom stereocenters. The molecule has 1 saturated heterocycles. The van der Waals surface area contributed by atoms with Gasteiger partial charge >= 0.3 is 0 Å². The smallest absolute Gasteiger partial charge is 0.289 e. The van der Waals surface area contributed by atoms with E-state index in [0.29, 0.717) is 31.8 Å². The van der Waals surface area contributed by atoms with Gasteiger partial charge in [-0.05, 0) is 42.7 Å². The maximum Gasteiger partial charge on any atom is 0.289 e. The van der Waals surface area contributed by atoms with E-state index in [1.807, 2.05) is 20.8 Å². The third kappa shape index (κ3) is 7.10. The lowest BCUT2D eigenvalue weighted by atomic mass is 9.84. The van der Waals surface area contributed by atoms with E-state index in [0.717, 1.165) is 12.8 Å². The molecule has 1 aromatic rings. The number of piperazine rings is 1. The zero-order valence-corrected chi connectivity index (χ0v) is 20.8. The fraction of sp³-hybridized carbons (Fsp3) is 0.720. The summed E-state index contributed by atoms with van der Waals surface area (Å²) in [5.41, 5.74) is 0.161. The van der Waals surface area contributed by atoms with E-state index in [-0.39, 0.29) is 41.0 Å².